The third kappa shape index (κ3) is 4.81. The minimum Gasteiger partial charge on any atom is -0.390 e. The largest absolute Gasteiger partial charge is 0.390 e. The fourth-order valence-electron chi connectivity index (χ4n) is 2.07. The van der Waals surface area contributed by atoms with Crippen LogP contribution in [0.5, 0.6) is 0 Å². The van der Waals surface area contributed by atoms with Gasteiger partial charge in [0.25, 0.3) is 0 Å². The topological polar surface area (TPSA) is 26.7 Å². The molecule has 0 aromatic heterocycles. The van der Waals surface area contributed by atoms with Crippen LogP contribution in [-0.4, -0.2) is 58.8 Å². The molecule has 0 saturated carbocycles. The van der Waals surface area contributed by atoms with Crippen molar-refractivity contribution >= 4 is 0 Å². The quantitative estimate of drug-likeness (QED) is 0.794. The van der Waals surface area contributed by atoms with Gasteiger partial charge in [-0.05, 0) is 41.0 Å². The summed E-state index contributed by atoms with van der Waals surface area (Å²) in [4.78, 5) is 4.99. The molecule has 1 aliphatic heterocycles. The van der Waals surface area contributed by atoms with Gasteiger partial charge in [-0.2, -0.15) is 0 Å². The molecule has 0 unspecified atom stereocenters. The van der Waals surface area contributed by atoms with Crippen LogP contribution in [0.3, 0.4) is 0 Å². The molecule has 1 heterocycles. The van der Waals surface area contributed by atoms with Gasteiger partial charge in [-0.1, -0.05) is 0 Å². The monoisotopic (exact) mass is 228 g/mol. The molecule has 3 heteroatoms. The highest BCUT2D eigenvalue weighted by atomic mass is 16.3. The van der Waals surface area contributed by atoms with E-state index in [1.54, 1.807) is 0 Å². The maximum Gasteiger partial charge on any atom is 0.0603 e. The normalized spacial score (nSPS) is 21.4. The Morgan fingerprint density at radius 1 is 0.938 bits per heavy atom. The van der Waals surface area contributed by atoms with Crippen molar-refractivity contribution < 1.29 is 5.11 Å². The molecular formula is C13H28N2O. The van der Waals surface area contributed by atoms with E-state index in [0.29, 0.717) is 5.54 Å². The van der Waals surface area contributed by atoms with Crippen molar-refractivity contribution in [1.82, 2.24) is 9.80 Å². The highest BCUT2D eigenvalue weighted by Crippen LogP contribution is 2.16. The van der Waals surface area contributed by atoms with Gasteiger partial charge in [-0.3, -0.25) is 4.90 Å². The molecule has 1 N–H and O–H groups in total. The second kappa shape index (κ2) is 5.03. The summed E-state index contributed by atoms with van der Waals surface area (Å²) >= 11 is 0. The molecule has 0 aliphatic carbocycles. The highest BCUT2D eigenvalue weighted by Gasteiger charge is 2.26. The summed E-state index contributed by atoms with van der Waals surface area (Å²) in [7, 11) is 0. The van der Waals surface area contributed by atoms with Crippen LogP contribution in [-0.2, 0) is 0 Å². The first-order valence-electron chi connectivity index (χ1n) is 6.38. The number of hydrogen-bond acceptors (Lipinski definition) is 3. The molecule has 0 aromatic carbocycles. The van der Waals surface area contributed by atoms with E-state index in [2.05, 4.69) is 30.6 Å². The summed E-state index contributed by atoms with van der Waals surface area (Å²) in [6.45, 7) is 16.2. The van der Waals surface area contributed by atoms with Crippen molar-refractivity contribution in [3.8, 4) is 0 Å². The number of nitrogens with zero attached hydrogens (tertiary/aromatic N) is 2. The first kappa shape index (κ1) is 13.9. The Morgan fingerprint density at radius 2 is 1.44 bits per heavy atom. The lowest BCUT2D eigenvalue weighted by molar-refractivity contribution is 0.0310. The van der Waals surface area contributed by atoms with Crippen molar-refractivity contribution in [3.63, 3.8) is 0 Å². The average Bonchev–Trinajstić information content (AvgIpc) is 2.13. The summed E-state index contributed by atoms with van der Waals surface area (Å²) in [5, 5.41) is 9.69. The SMILES string of the molecule is CC(C)(O)CCN1CCN(C(C)(C)C)CC1. The highest BCUT2D eigenvalue weighted by molar-refractivity contribution is 4.82. The molecule has 1 aliphatic rings. The van der Waals surface area contributed by atoms with E-state index in [9.17, 15) is 5.11 Å². The molecule has 16 heavy (non-hydrogen) atoms. The summed E-state index contributed by atoms with van der Waals surface area (Å²) in [5.41, 5.74) is -0.233. The molecular weight excluding hydrogens is 200 g/mol. The molecule has 3 nitrogen and oxygen atoms in total. The van der Waals surface area contributed by atoms with Gasteiger partial charge in [0, 0.05) is 38.3 Å². The van der Waals surface area contributed by atoms with E-state index in [0.717, 1.165) is 39.1 Å². The van der Waals surface area contributed by atoms with E-state index in [1.165, 1.54) is 0 Å². The second-order valence-corrected chi connectivity index (χ2v) is 6.56. The summed E-state index contributed by atoms with van der Waals surface area (Å²) in [6.07, 6.45) is 0.864. The molecule has 1 rings (SSSR count). The first-order chi connectivity index (χ1) is 7.18. The average molecular weight is 228 g/mol. The summed E-state index contributed by atoms with van der Waals surface area (Å²) < 4.78 is 0. The van der Waals surface area contributed by atoms with E-state index >= 15 is 0 Å². The lowest BCUT2D eigenvalue weighted by Crippen LogP contribution is -2.53. The van der Waals surface area contributed by atoms with Crippen molar-refractivity contribution in [1.29, 1.82) is 0 Å². The van der Waals surface area contributed by atoms with Gasteiger partial charge in [0.1, 0.15) is 0 Å². The predicted octanol–water partition coefficient (Wildman–Crippen LogP) is 1.56. The van der Waals surface area contributed by atoms with Crippen LogP contribution >= 0.6 is 0 Å². The maximum atomic E-state index is 9.69. The fraction of sp³-hybridized carbons (Fsp3) is 1.00. The molecule has 1 fully saturated rings. The fourth-order valence-corrected chi connectivity index (χ4v) is 2.07. The van der Waals surface area contributed by atoms with Crippen LogP contribution in [0.4, 0.5) is 0 Å². The Labute approximate surface area is 100 Å². The van der Waals surface area contributed by atoms with E-state index < -0.39 is 5.60 Å². The van der Waals surface area contributed by atoms with Crippen LogP contribution in [0.2, 0.25) is 0 Å². The van der Waals surface area contributed by atoms with Crippen LogP contribution in [0.15, 0.2) is 0 Å². The van der Waals surface area contributed by atoms with Gasteiger partial charge in [-0.15, -0.1) is 0 Å². The van der Waals surface area contributed by atoms with Gasteiger partial charge < -0.3 is 10.0 Å². The number of aliphatic hydroxyl groups is 1. The van der Waals surface area contributed by atoms with Crippen molar-refractivity contribution in [3.05, 3.63) is 0 Å². The summed E-state index contributed by atoms with van der Waals surface area (Å²) in [6, 6.07) is 0. The summed E-state index contributed by atoms with van der Waals surface area (Å²) in [5.74, 6) is 0. The second-order valence-electron chi connectivity index (χ2n) is 6.56. The smallest absolute Gasteiger partial charge is 0.0603 e. The third-order valence-electron chi connectivity index (χ3n) is 3.36. The minimum atomic E-state index is -0.527. The van der Waals surface area contributed by atoms with Crippen LogP contribution < -0.4 is 0 Å². The van der Waals surface area contributed by atoms with Crippen molar-refractivity contribution in [2.24, 2.45) is 0 Å². The molecule has 1 saturated heterocycles. The van der Waals surface area contributed by atoms with Crippen LogP contribution in [0.1, 0.15) is 41.0 Å². The standard InChI is InChI=1S/C13H28N2O/c1-12(2,3)15-10-8-14(9-11-15)7-6-13(4,5)16/h16H,6-11H2,1-5H3. The van der Waals surface area contributed by atoms with Crippen molar-refractivity contribution in [2.45, 2.75) is 52.2 Å². The number of hydrogen-bond donors (Lipinski definition) is 1. The molecule has 96 valence electrons. The molecule has 0 spiro atoms. The zero-order valence-corrected chi connectivity index (χ0v) is 11.6. The Kier molecular flexibility index (Phi) is 4.38. The Hall–Kier alpha value is -0.120. The molecule has 0 amide bonds. The Morgan fingerprint density at radius 3 is 1.81 bits per heavy atom. The van der Waals surface area contributed by atoms with Gasteiger partial charge in [0.15, 0.2) is 0 Å². The minimum absolute atomic E-state index is 0.294. The maximum absolute atomic E-state index is 9.69. The van der Waals surface area contributed by atoms with Gasteiger partial charge in [-0.25, -0.2) is 0 Å². The van der Waals surface area contributed by atoms with E-state index in [1.807, 2.05) is 13.8 Å². The lowest BCUT2D eigenvalue weighted by Gasteiger charge is -2.42. The number of rotatable bonds is 3. The van der Waals surface area contributed by atoms with Crippen molar-refractivity contribution in [2.75, 3.05) is 32.7 Å². The Balaban J connectivity index is 2.28. The lowest BCUT2D eigenvalue weighted by atomic mass is 10.0. The molecule has 0 atom stereocenters. The van der Waals surface area contributed by atoms with Crippen LogP contribution in [0.25, 0.3) is 0 Å². The molecule has 0 aromatic rings. The van der Waals surface area contributed by atoms with Crippen LogP contribution in [0, 0.1) is 0 Å². The number of piperazine rings is 1. The van der Waals surface area contributed by atoms with Gasteiger partial charge >= 0.3 is 0 Å². The predicted molar refractivity (Wildman–Crippen MR) is 68.7 cm³/mol. The van der Waals surface area contributed by atoms with Gasteiger partial charge in [0.05, 0.1) is 5.60 Å². The zero-order chi connectivity index (χ0) is 12.4. The van der Waals surface area contributed by atoms with E-state index in [-0.39, 0.29) is 0 Å². The molecule has 0 bridgehead atoms. The first-order valence-corrected chi connectivity index (χ1v) is 6.38. The zero-order valence-electron chi connectivity index (χ0n) is 11.6. The Bertz CT molecular complexity index is 207. The van der Waals surface area contributed by atoms with Gasteiger partial charge in [0.2, 0.25) is 0 Å². The van der Waals surface area contributed by atoms with E-state index in [4.69, 9.17) is 0 Å². The third-order valence-corrected chi connectivity index (χ3v) is 3.36. The molecule has 0 radical (unpaired) electrons.